The van der Waals surface area contributed by atoms with Crippen molar-refractivity contribution in [1.29, 1.82) is 0 Å². The van der Waals surface area contributed by atoms with E-state index in [0.29, 0.717) is 36.2 Å². The molecule has 4 aliphatic heterocycles. The van der Waals surface area contributed by atoms with E-state index in [9.17, 15) is 4.79 Å². The Labute approximate surface area is 244 Å². The molecule has 8 rings (SSSR count). The second-order valence-corrected chi connectivity index (χ2v) is 12.7. The van der Waals surface area contributed by atoms with Crippen molar-refractivity contribution in [3.63, 3.8) is 0 Å². The number of ether oxygens (including phenoxy) is 4. The summed E-state index contributed by atoms with van der Waals surface area (Å²) in [5.41, 5.74) is 1.29. The zero-order chi connectivity index (χ0) is 29.1. The Bertz CT molecular complexity index is 1510. The average Bonchev–Trinajstić information content (AvgIpc) is 3.29. The number of nitrogens with zero attached hydrogens (tertiary/aromatic N) is 3. The van der Waals surface area contributed by atoms with Gasteiger partial charge in [0.25, 0.3) is 0 Å². The van der Waals surface area contributed by atoms with Gasteiger partial charge >= 0.3 is 5.63 Å². The molecule has 0 amide bonds. The fraction of sp³-hybridized carbons (Fsp3) is 0.645. The molecule has 226 valence electrons. The number of benzene rings is 1. The maximum absolute atomic E-state index is 12.0. The highest BCUT2D eigenvalue weighted by atomic mass is 17.3. The van der Waals surface area contributed by atoms with Crippen LogP contribution in [0.15, 0.2) is 39.7 Å². The van der Waals surface area contributed by atoms with Crippen molar-refractivity contribution in [2.45, 2.75) is 96.9 Å². The molecule has 1 aromatic carbocycles. The first-order valence-corrected chi connectivity index (χ1v) is 15.1. The second kappa shape index (κ2) is 10.7. The first-order valence-electron chi connectivity index (χ1n) is 15.1. The summed E-state index contributed by atoms with van der Waals surface area (Å²) in [6.45, 7) is 9.03. The molecule has 1 spiro atoms. The molecule has 3 aromatic rings. The van der Waals surface area contributed by atoms with Gasteiger partial charge in [0.2, 0.25) is 5.79 Å². The summed E-state index contributed by atoms with van der Waals surface area (Å²) in [5, 5.41) is 9.20. The molecule has 42 heavy (non-hydrogen) atoms. The molecule has 11 nitrogen and oxygen atoms in total. The number of fused-ring (bicyclic) bond motifs is 3. The lowest BCUT2D eigenvalue weighted by molar-refractivity contribution is -0.577. The molecule has 0 radical (unpaired) electrons. The predicted octanol–water partition coefficient (Wildman–Crippen LogP) is 4.89. The fourth-order valence-electron chi connectivity index (χ4n) is 7.53. The van der Waals surface area contributed by atoms with Gasteiger partial charge in [0.05, 0.1) is 30.0 Å². The third kappa shape index (κ3) is 4.85. The second-order valence-electron chi connectivity index (χ2n) is 12.7. The van der Waals surface area contributed by atoms with Crippen LogP contribution in [0.5, 0.6) is 5.75 Å². The van der Waals surface area contributed by atoms with Gasteiger partial charge in [-0.05, 0) is 75.5 Å². The van der Waals surface area contributed by atoms with Crippen LogP contribution in [0.4, 0.5) is 0 Å². The van der Waals surface area contributed by atoms with Crippen molar-refractivity contribution >= 4 is 11.0 Å². The summed E-state index contributed by atoms with van der Waals surface area (Å²) in [4.78, 5) is 24.1. The molecule has 4 saturated heterocycles. The van der Waals surface area contributed by atoms with Crippen LogP contribution in [0, 0.1) is 30.6 Å². The topological polar surface area (TPSA) is 116 Å². The summed E-state index contributed by atoms with van der Waals surface area (Å²) in [7, 11) is 0. The maximum atomic E-state index is 12.0. The van der Waals surface area contributed by atoms with E-state index in [4.69, 9.17) is 33.1 Å². The van der Waals surface area contributed by atoms with Crippen LogP contribution < -0.4 is 10.4 Å². The van der Waals surface area contributed by atoms with Crippen LogP contribution in [0.1, 0.15) is 64.1 Å². The summed E-state index contributed by atoms with van der Waals surface area (Å²) in [6.07, 6.45) is 6.41. The Morgan fingerprint density at radius 1 is 1.12 bits per heavy atom. The molecular formula is C31H39N3O8. The number of rotatable bonds is 8. The zero-order valence-corrected chi connectivity index (χ0v) is 24.6. The number of aromatic nitrogens is 3. The van der Waals surface area contributed by atoms with E-state index in [2.05, 4.69) is 24.2 Å². The van der Waals surface area contributed by atoms with E-state index >= 15 is 0 Å². The van der Waals surface area contributed by atoms with E-state index in [0.717, 1.165) is 48.7 Å². The smallest absolute Gasteiger partial charge is 0.339 e. The minimum atomic E-state index is -0.794. The van der Waals surface area contributed by atoms with Crippen molar-refractivity contribution in [3.8, 4) is 5.75 Å². The highest BCUT2D eigenvalue weighted by molar-refractivity contribution is 5.83. The Morgan fingerprint density at radius 3 is 2.88 bits per heavy atom. The molecule has 8 atom stereocenters. The van der Waals surface area contributed by atoms with E-state index < -0.39 is 23.3 Å². The monoisotopic (exact) mass is 581 g/mol. The van der Waals surface area contributed by atoms with Gasteiger partial charge in [0.1, 0.15) is 11.3 Å². The van der Waals surface area contributed by atoms with Crippen molar-refractivity contribution in [1.82, 2.24) is 15.0 Å². The predicted molar refractivity (Wildman–Crippen MR) is 149 cm³/mol. The van der Waals surface area contributed by atoms with Gasteiger partial charge in [-0.25, -0.2) is 19.3 Å². The molecule has 1 aliphatic carbocycles. The van der Waals surface area contributed by atoms with E-state index in [1.54, 1.807) is 4.68 Å². The Morgan fingerprint density at radius 2 is 2.00 bits per heavy atom. The standard InChI is InChI=1S/C31H39N3O8/c1-18-7-9-22-25(15-27(35)38-26(22)14-18)37-17-34-16-21(32-33-34)6-5-13-36-28-20(3)24-10-8-19(2)23-11-12-30(4)40-29(39-28)31(23,24)42-41-30/h7,9,14-16,19-20,23-24,28-29H,5-6,8,10-13,17H2,1-4H3/t19-,20-,23+,24+,28+,29-,30-,31-/m1/s1. The van der Waals surface area contributed by atoms with Gasteiger partial charge in [-0.1, -0.05) is 25.1 Å². The third-order valence-electron chi connectivity index (χ3n) is 9.76. The summed E-state index contributed by atoms with van der Waals surface area (Å²) >= 11 is 0. The van der Waals surface area contributed by atoms with Crippen LogP contribution in [-0.4, -0.2) is 45.6 Å². The fourth-order valence-corrected chi connectivity index (χ4v) is 7.53. The van der Waals surface area contributed by atoms with Crippen molar-refractivity contribution < 1.29 is 33.1 Å². The molecule has 5 aliphatic rings. The molecule has 5 fully saturated rings. The van der Waals surface area contributed by atoms with Gasteiger partial charge in [-0.3, -0.25) is 0 Å². The first kappa shape index (κ1) is 28.0. The number of hydrogen-bond acceptors (Lipinski definition) is 10. The van der Waals surface area contributed by atoms with E-state index in [1.807, 2.05) is 38.2 Å². The van der Waals surface area contributed by atoms with Gasteiger partial charge in [-0.15, -0.1) is 5.10 Å². The van der Waals surface area contributed by atoms with Crippen LogP contribution in [0.2, 0.25) is 0 Å². The van der Waals surface area contributed by atoms with Gasteiger partial charge in [0.15, 0.2) is 24.9 Å². The lowest BCUT2D eigenvalue weighted by Gasteiger charge is -2.60. The lowest BCUT2D eigenvalue weighted by Crippen LogP contribution is -2.70. The highest BCUT2D eigenvalue weighted by Gasteiger charge is 2.69. The third-order valence-corrected chi connectivity index (χ3v) is 9.76. The first-order chi connectivity index (χ1) is 20.2. The SMILES string of the molecule is Cc1ccc2c(OCn3cc(CCCO[C@H]4O[C@@H]5O[C@@]6(C)CC[C@H]7[C@H](C)CC[C@@H]([C@H]4C)[C@@]57OO6)nn3)cc(=O)oc2c1. The average molecular weight is 582 g/mol. The van der Waals surface area contributed by atoms with Crippen molar-refractivity contribution in [3.05, 3.63) is 52.1 Å². The number of aryl methyl sites for hydroxylation is 2. The Balaban J connectivity index is 0.944. The van der Waals surface area contributed by atoms with E-state index in [-0.39, 0.29) is 24.9 Å². The summed E-state index contributed by atoms with van der Waals surface area (Å²) in [5.74, 6) is 0.900. The zero-order valence-electron chi connectivity index (χ0n) is 24.6. The molecule has 11 heteroatoms. The molecular weight excluding hydrogens is 542 g/mol. The highest BCUT2D eigenvalue weighted by Crippen LogP contribution is 2.60. The van der Waals surface area contributed by atoms with E-state index in [1.165, 1.54) is 6.07 Å². The van der Waals surface area contributed by atoms with Crippen LogP contribution in [0.3, 0.4) is 0 Å². The molecule has 2 aromatic heterocycles. The lowest BCUT2D eigenvalue weighted by atomic mass is 9.58. The summed E-state index contributed by atoms with van der Waals surface area (Å²) in [6, 6.07) is 7.00. The van der Waals surface area contributed by atoms with Gasteiger partial charge in [-0.2, -0.15) is 0 Å². The minimum Gasteiger partial charge on any atom is -0.470 e. The van der Waals surface area contributed by atoms with Crippen molar-refractivity contribution in [2.75, 3.05) is 6.61 Å². The van der Waals surface area contributed by atoms with Crippen molar-refractivity contribution in [2.24, 2.45) is 23.7 Å². The Hall–Kier alpha value is -2.83. The van der Waals surface area contributed by atoms with Crippen LogP contribution >= 0.6 is 0 Å². The molecule has 0 unspecified atom stereocenters. The normalized spacial score (nSPS) is 35.6. The Kier molecular flexibility index (Phi) is 7.13. The summed E-state index contributed by atoms with van der Waals surface area (Å²) < 4.78 is 32.1. The molecule has 6 heterocycles. The molecule has 0 N–H and O–H groups in total. The maximum Gasteiger partial charge on any atom is 0.339 e. The van der Waals surface area contributed by atoms with Crippen LogP contribution in [0.25, 0.3) is 11.0 Å². The molecule has 1 saturated carbocycles. The molecule has 2 bridgehead atoms. The quantitative estimate of drug-likeness (QED) is 0.207. The van der Waals surface area contributed by atoms with Crippen LogP contribution in [-0.2, 0) is 37.1 Å². The number of hydrogen-bond donors (Lipinski definition) is 0. The minimum absolute atomic E-state index is 0.123. The largest absolute Gasteiger partial charge is 0.470 e. The van der Waals surface area contributed by atoms with Gasteiger partial charge in [0, 0.05) is 18.3 Å². The van der Waals surface area contributed by atoms with Gasteiger partial charge < -0.3 is 23.4 Å².